The molecule has 0 aromatic rings. The third kappa shape index (κ3) is 6.36. The lowest BCUT2D eigenvalue weighted by atomic mass is 9.84. The fourth-order valence-corrected chi connectivity index (χ4v) is 4.56. The smallest absolute Gasteiger partial charge is 0.0578 e. The molecule has 1 saturated carbocycles. The van der Waals surface area contributed by atoms with Crippen molar-refractivity contribution in [2.24, 2.45) is 5.92 Å². The zero-order valence-electron chi connectivity index (χ0n) is 16.3. The minimum atomic E-state index is 0.392. The Labute approximate surface area is 144 Å². The van der Waals surface area contributed by atoms with E-state index in [-0.39, 0.29) is 0 Å². The number of ether oxygens (including phenoxy) is 1. The molecule has 1 aliphatic carbocycles. The summed E-state index contributed by atoms with van der Waals surface area (Å²) in [6, 6.07) is 1.41. The molecule has 2 aliphatic rings. The molecule has 0 amide bonds. The van der Waals surface area contributed by atoms with E-state index in [0.717, 1.165) is 5.92 Å². The van der Waals surface area contributed by atoms with Crippen molar-refractivity contribution in [3.8, 4) is 0 Å². The van der Waals surface area contributed by atoms with Crippen LogP contribution in [-0.2, 0) is 4.74 Å². The van der Waals surface area contributed by atoms with Crippen molar-refractivity contribution in [1.82, 2.24) is 9.80 Å². The topological polar surface area (TPSA) is 15.7 Å². The van der Waals surface area contributed by atoms with Crippen LogP contribution >= 0.6 is 0 Å². The molecule has 136 valence electrons. The van der Waals surface area contributed by atoms with E-state index < -0.39 is 0 Å². The standard InChI is InChI=1S/C20H40N2O/c1-16(2)22-14-13-21(15-18(22)5)12-6-7-19-8-10-20(11-9-19)23-17(3)4/h16-20H,6-15H2,1-5H3/t18-,19-,20-/m1/s1. The molecule has 1 saturated heterocycles. The van der Waals surface area contributed by atoms with Crippen LogP contribution in [0.5, 0.6) is 0 Å². The maximum atomic E-state index is 5.97. The number of nitrogens with zero attached hydrogens (tertiary/aromatic N) is 2. The van der Waals surface area contributed by atoms with Gasteiger partial charge in [0.25, 0.3) is 0 Å². The summed E-state index contributed by atoms with van der Waals surface area (Å²) in [6.07, 6.45) is 9.07. The molecule has 0 radical (unpaired) electrons. The molecule has 0 unspecified atom stereocenters. The van der Waals surface area contributed by atoms with Crippen molar-refractivity contribution in [1.29, 1.82) is 0 Å². The van der Waals surface area contributed by atoms with Gasteiger partial charge in [-0.2, -0.15) is 0 Å². The quantitative estimate of drug-likeness (QED) is 0.699. The lowest BCUT2D eigenvalue weighted by Gasteiger charge is -2.42. The first-order valence-electron chi connectivity index (χ1n) is 10.1. The Morgan fingerprint density at radius 3 is 2.26 bits per heavy atom. The van der Waals surface area contributed by atoms with Crippen LogP contribution in [0.1, 0.15) is 73.1 Å². The zero-order chi connectivity index (χ0) is 16.8. The summed E-state index contributed by atoms with van der Waals surface area (Å²) >= 11 is 0. The molecule has 2 fully saturated rings. The highest BCUT2D eigenvalue weighted by Crippen LogP contribution is 2.30. The summed E-state index contributed by atoms with van der Waals surface area (Å²) in [5.41, 5.74) is 0. The third-order valence-electron chi connectivity index (χ3n) is 5.77. The average molecular weight is 325 g/mol. The Bertz CT molecular complexity index is 324. The average Bonchev–Trinajstić information content (AvgIpc) is 2.48. The third-order valence-corrected chi connectivity index (χ3v) is 5.77. The van der Waals surface area contributed by atoms with Gasteiger partial charge >= 0.3 is 0 Å². The van der Waals surface area contributed by atoms with Crippen LogP contribution in [-0.4, -0.2) is 60.3 Å². The summed E-state index contributed by atoms with van der Waals surface area (Å²) in [5.74, 6) is 0.955. The molecule has 1 atom stereocenters. The summed E-state index contributed by atoms with van der Waals surface area (Å²) in [5, 5.41) is 0. The Hall–Kier alpha value is -0.120. The van der Waals surface area contributed by atoms with Gasteiger partial charge in [0.05, 0.1) is 12.2 Å². The van der Waals surface area contributed by atoms with Crippen LogP contribution in [0.3, 0.4) is 0 Å². The molecule has 2 rings (SSSR count). The Morgan fingerprint density at radius 1 is 1.00 bits per heavy atom. The van der Waals surface area contributed by atoms with Crippen LogP contribution in [0, 0.1) is 5.92 Å². The minimum absolute atomic E-state index is 0.392. The monoisotopic (exact) mass is 324 g/mol. The van der Waals surface area contributed by atoms with Crippen molar-refractivity contribution in [3.63, 3.8) is 0 Å². The van der Waals surface area contributed by atoms with E-state index in [1.165, 1.54) is 64.7 Å². The van der Waals surface area contributed by atoms with E-state index in [1.807, 2.05) is 0 Å². The molecule has 23 heavy (non-hydrogen) atoms. The van der Waals surface area contributed by atoms with Crippen LogP contribution in [0.4, 0.5) is 0 Å². The molecular weight excluding hydrogens is 284 g/mol. The molecule has 3 heteroatoms. The van der Waals surface area contributed by atoms with Crippen molar-refractivity contribution >= 4 is 0 Å². The number of rotatable bonds is 7. The van der Waals surface area contributed by atoms with Gasteiger partial charge in [0, 0.05) is 31.7 Å². The first kappa shape index (κ1) is 19.2. The Kier molecular flexibility index (Phi) is 7.84. The van der Waals surface area contributed by atoms with Gasteiger partial charge in [-0.25, -0.2) is 0 Å². The fraction of sp³-hybridized carbons (Fsp3) is 1.00. The second-order valence-electron chi connectivity index (χ2n) is 8.45. The van der Waals surface area contributed by atoms with Gasteiger partial charge in [-0.05, 0) is 85.6 Å². The summed E-state index contributed by atoms with van der Waals surface area (Å²) < 4.78 is 5.97. The van der Waals surface area contributed by atoms with E-state index in [1.54, 1.807) is 0 Å². The number of hydrogen-bond donors (Lipinski definition) is 0. The first-order valence-corrected chi connectivity index (χ1v) is 10.1. The van der Waals surface area contributed by atoms with Gasteiger partial charge in [0.1, 0.15) is 0 Å². The van der Waals surface area contributed by atoms with Crippen LogP contribution in [0.2, 0.25) is 0 Å². The van der Waals surface area contributed by atoms with Crippen molar-refractivity contribution < 1.29 is 4.74 Å². The molecule has 0 N–H and O–H groups in total. The Morgan fingerprint density at radius 2 is 1.70 bits per heavy atom. The van der Waals surface area contributed by atoms with E-state index in [0.29, 0.717) is 24.3 Å². The van der Waals surface area contributed by atoms with Crippen molar-refractivity contribution in [3.05, 3.63) is 0 Å². The molecule has 1 aliphatic heterocycles. The van der Waals surface area contributed by atoms with E-state index in [9.17, 15) is 0 Å². The normalized spacial score (nSPS) is 31.2. The van der Waals surface area contributed by atoms with Crippen LogP contribution in [0.15, 0.2) is 0 Å². The largest absolute Gasteiger partial charge is 0.376 e. The highest BCUT2D eigenvalue weighted by molar-refractivity contribution is 4.81. The molecule has 0 aromatic heterocycles. The SMILES string of the molecule is CC(C)O[C@H]1CC[C@H](CCCN2CCN(C(C)C)[C@H](C)C2)CC1. The molecule has 0 spiro atoms. The van der Waals surface area contributed by atoms with Gasteiger partial charge in [0.2, 0.25) is 0 Å². The summed E-state index contributed by atoms with van der Waals surface area (Å²) in [7, 11) is 0. The highest BCUT2D eigenvalue weighted by atomic mass is 16.5. The van der Waals surface area contributed by atoms with Crippen LogP contribution < -0.4 is 0 Å². The molecular formula is C20H40N2O. The second-order valence-corrected chi connectivity index (χ2v) is 8.45. The molecule has 0 aromatic carbocycles. The van der Waals surface area contributed by atoms with Crippen molar-refractivity contribution in [2.45, 2.75) is 97.4 Å². The molecule has 3 nitrogen and oxygen atoms in total. The van der Waals surface area contributed by atoms with Gasteiger partial charge in [0.15, 0.2) is 0 Å². The second kappa shape index (κ2) is 9.39. The maximum Gasteiger partial charge on any atom is 0.0578 e. The molecule has 0 bridgehead atoms. The van der Waals surface area contributed by atoms with Gasteiger partial charge in [-0.3, -0.25) is 4.90 Å². The van der Waals surface area contributed by atoms with Gasteiger partial charge < -0.3 is 9.64 Å². The van der Waals surface area contributed by atoms with E-state index >= 15 is 0 Å². The minimum Gasteiger partial charge on any atom is -0.376 e. The predicted molar refractivity (Wildman–Crippen MR) is 98.9 cm³/mol. The zero-order valence-corrected chi connectivity index (χ0v) is 16.3. The van der Waals surface area contributed by atoms with Gasteiger partial charge in [-0.15, -0.1) is 0 Å². The maximum absolute atomic E-state index is 5.97. The number of hydrogen-bond acceptors (Lipinski definition) is 3. The van der Waals surface area contributed by atoms with E-state index in [4.69, 9.17) is 4.74 Å². The molecule has 1 heterocycles. The first-order chi connectivity index (χ1) is 11.0. The Balaban J connectivity index is 1.58. The van der Waals surface area contributed by atoms with E-state index in [2.05, 4.69) is 44.4 Å². The lowest BCUT2D eigenvalue weighted by Crippen LogP contribution is -2.54. The summed E-state index contributed by atoms with van der Waals surface area (Å²) in [4.78, 5) is 5.34. The fourth-order valence-electron chi connectivity index (χ4n) is 4.56. The highest BCUT2D eigenvalue weighted by Gasteiger charge is 2.26. The number of piperazine rings is 1. The van der Waals surface area contributed by atoms with Crippen molar-refractivity contribution in [2.75, 3.05) is 26.2 Å². The summed E-state index contributed by atoms with van der Waals surface area (Å²) in [6.45, 7) is 16.4. The van der Waals surface area contributed by atoms with Gasteiger partial charge in [-0.1, -0.05) is 0 Å². The lowest BCUT2D eigenvalue weighted by molar-refractivity contribution is -0.0206. The predicted octanol–water partition coefficient (Wildman–Crippen LogP) is 4.16. The van der Waals surface area contributed by atoms with Crippen LogP contribution in [0.25, 0.3) is 0 Å².